The van der Waals surface area contributed by atoms with Gasteiger partial charge in [0.1, 0.15) is 11.3 Å². The number of nitrogens with one attached hydrogen (secondary N) is 1. The summed E-state index contributed by atoms with van der Waals surface area (Å²) in [5.74, 6) is 0.100. The van der Waals surface area contributed by atoms with E-state index in [4.69, 9.17) is 4.42 Å². The Morgan fingerprint density at radius 1 is 1.16 bits per heavy atom. The number of phenolic OH excluding ortho intramolecular Hbond substituents is 1. The molecule has 3 rings (SSSR count). The summed E-state index contributed by atoms with van der Waals surface area (Å²) in [6.45, 7) is 2.24. The fourth-order valence-electron chi connectivity index (χ4n) is 3.00. The van der Waals surface area contributed by atoms with E-state index in [0.717, 1.165) is 16.5 Å². The van der Waals surface area contributed by atoms with Crippen LogP contribution in [0.1, 0.15) is 29.2 Å². The highest BCUT2D eigenvalue weighted by Crippen LogP contribution is 2.27. The van der Waals surface area contributed by atoms with Crippen LogP contribution < -0.4 is 10.9 Å². The van der Waals surface area contributed by atoms with Crippen molar-refractivity contribution >= 4 is 11.0 Å². The topological polar surface area (TPSA) is 82.7 Å². The van der Waals surface area contributed by atoms with Crippen LogP contribution in [0.15, 0.2) is 57.7 Å². The maximum Gasteiger partial charge on any atom is 0.336 e. The van der Waals surface area contributed by atoms with Crippen LogP contribution in [-0.2, 0) is 6.54 Å². The predicted molar refractivity (Wildman–Crippen MR) is 96.6 cm³/mol. The molecule has 5 nitrogen and oxygen atoms in total. The third-order valence-corrected chi connectivity index (χ3v) is 4.38. The van der Waals surface area contributed by atoms with E-state index >= 15 is 0 Å². The molecule has 0 spiro atoms. The molecular weight excluding hydrogens is 318 g/mol. The molecule has 0 aliphatic carbocycles. The van der Waals surface area contributed by atoms with E-state index in [0.29, 0.717) is 24.1 Å². The molecule has 0 radical (unpaired) electrons. The number of fused-ring (bicyclic) bond motifs is 1. The molecule has 0 fully saturated rings. The van der Waals surface area contributed by atoms with E-state index in [1.165, 1.54) is 6.07 Å². The van der Waals surface area contributed by atoms with Crippen LogP contribution >= 0.6 is 0 Å². The molecule has 1 heterocycles. The van der Waals surface area contributed by atoms with Gasteiger partial charge in [0.2, 0.25) is 0 Å². The second-order valence-corrected chi connectivity index (χ2v) is 6.03. The van der Waals surface area contributed by atoms with Gasteiger partial charge in [0.25, 0.3) is 0 Å². The van der Waals surface area contributed by atoms with Gasteiger partial charge in [-0.1, -0.05) is 30.3 Å². The second kappa shape index (κ2) is 7.51. The largest absolute Gasteiger partial charge is 0.508 e. The average molecular weight is 339 g/mol. The van der Waals surface area contributed by atoms with Crippen molar-refractivity contribution in [3.05, 3.63) is 75.6 Å². The summed E-state index contributed by atoms with van der Waals surface area (Å²) in [6.07, 6.45) is 0.573. The molecular formula is C20H21NO4. The number of benzene rings is 2. The number of aromatic hydroxyl groups is 1. The Bertz CT molecular complexity index is 918. The molecule has 0 saturated carbocycles. The maximum absolute atomic E-state index is 11.9. The Morgan fingerprint density at radius 2 is 1.92 bits per heavy atom. The van der Waals surface area contributed by atoms with Crippen molar-refractivity contribution in [1.29, 1.82) is 0 Å². The quantitative estimate of drug-likeness (QED) is 0.601. The van der Waals surface area contributed by atoms with Crippen molar-refractivity contribution < 1.29 is 14.6 Å². The van der Waals surface area contributed by atoms with Gasteiger partial charge < -0.3 is 19.9 Å². The predicted octanol–water partition coefficient (Wildman–Crippen LogP) is 3.02. The minimum atomic E-state index is -0.448. The highest BCUT2D eigenvalue weighted by Gasteiger charge is 2.14. The lowest BCUT2D eigenvalue weighted by molar-refractivity contribution is 0.265. The Balaban J connectivity index is 1.92. The monoisotopic (exact) mass is 339 g/mol. The van der Waals surface area contributed by atoms with E-state index in [1.807, 2.05) is 30.3 Å². The van der Waals surface area contributed by atoms with Crippen LogP contribution in [0.5, 0.6) is 5.75 Å². The first-order chi connectivity index (χ1) is 12.1. The summed E-state index contributed by atoms with van der Waals surface area (Å²) >= 11 is 0. The van der Waals surface area contributed by atoms with Crippen molar-refractivity contribution in [2.75, 3.05) is 6.61 Å². The van der Waals surface area contributed by atoms with Crippen LogP contribution in [0.4, 0.5) is 0 Å². The zero-order valence-corrected chi connectivity index (χ0v) is 14.0. The first kappa shape index (κ1) is 17.2. The fraction of sp³-hybridized carbons (Fsp3) is 0.250. The van der Waals surface area contributed by atoms with Crippen molar-refractivity contribution in [3.8, 4) is 5.75 Å². The van der Waals surface area contributed by atoms with Gasteiger partial charge in [-0.2, -0.15) is 0 Å². The van der Waals surface area contributed by atoms with Crippen LogP contribution in [0.25, 0.3) is 11.0 Å². The maximum atomic E-state index is 11.9. The van der Waals surface area contributed by atoms with Crippen molar-refractivity contribution in [2.24, 2.45) is 0 Å². The van der Waals surface area contributed by atoms with Gasteiger partial charge in [-0.25, -0.2) is 4.79 Å². The molecule has 0 aliphatic rings. The van der Waals surface area contributed by atoms with Gasteiger partial charge in [0, 0.05) is 36.2 Å². The van der Waals surface area contributed by atoms with Crippen LogP contribution in [-0.4, -0.2) is 16.8 Å². The van der Waals surface area contributed by atoms with Gasteiger partial charge in [-0.15, -0.1) is 0 Å². The van der Waals surface area contributed by atoms with Gasteiger partial charge in [-0.05, 0) is 36.6 Å². The summed E-state index contributed by atoms with van der Waals surface area (Å²) < 4.78 is 5.27. The molecule has 0 amide bonds. The standard InChI is InChI=1S/C20H21NO4/c1-13-18(23)8-7-16-15(11-19(24)25-20(13)16)12-21-17(9-10-22)14-5-3-2-4-6-14/h2-8,11,17,21-23H,9-10,12H2,1H3. The number of aliphatic hydroxyl groups is 1. The number of hydrogen-bond acceptors (Lipinski definition) is 5. The molecule has 5 heteroatoms. The number of rotatable bonds is 6. The third-order valence-electron chi connectivity index (χ3n) is 4.38. The zero-order valence-electron chi connectivity index (χ0n) is 14.0. The Morgan fingerprint density at radius 3 is 2.64 bits per heavy atom. The third kappa shape index (κ3) is 3.73. The van der Waals surface area contributed by atoms with Gasteiger partial charge >= 0.3 is 5.63 Å². The van der Waals surface area contributed by atoms with Crippen molar-refractivity contribution in [1.82, 2.24) is 5.32 Å². The van der Waals surface area contributed by atoms with E-state index in [-0.39, 0.29) is 18.4 Å². The molecule has 2 aromatic carbocycles. The summed E-state index contributed by atoms with van der Waals surface area (Å²) in [5.41, 5.74) is 2.39. The van der Waals surface area contributed by atoms with Crippen LogP contribution in [0.2, 0.25) is 0 Å². The molecule has 0 bridgehead atoms. The first-order valence-electron chi connectivity index (χ1n) is 8.24. The highest BCUT2D eigenvalue weighted by atomic mass is 16.4. The normalized spacial score (nSPS) is 12.4. The number of phenols is 1. The fourth-order valence-corrected chi connectivity index (χ4v) is 3.00. The summed E-state index contributed by atoms with van der Waals surface area (Å²) in [5, 5.41) is 23.4. The highest BCUT2D eigenvalue weighted by molar-refractivity contribution is 5.84. The lowest BCUT2D eigenvalue weighted by atomic mass is 10.0. The average Bonchev–Trinajstić information content (AvgIpc) is 2.62. The lowest BCUT2D eigenvalue weighted by Gasteiger charge is -2.19. The molecule has 1 unspecified atom stereocenters. The molecule has 0 saturated heterocycles. The van der Waals surface area contributed by atoms with E-state index in [1.54, 1.807) is 19.1 Å². The van der Waals surface area contributed by atoms with Gasteiger partial charge in [-0.3, -0.25) is 0 Å². The van der Waals surface area contributed by atoms with Gasteiger partial charge in [0.05, 0.1) is 0 Å². The lowest BCUT2D eigenvalue weighted by Crippen LogP contribution is -2.22. The Labute approximate surface area is 145 Å². The van der Waals surface area contributed by atoms with Crippen molar-refractivity contribution in [3.63, 3.8) is 0 Å². The molecule has 1 atom stereocenters. The van der Waals surface area contributed by atoms with Crippen LogP contribution in [0, 0.1) is 6.92 Å². The first-order valence-corrected chi connectivity index (χ1v) is 8.24. The molecule has 130 valence electrons. The Hall–Kier alpha value is -2.63. The van der Waals surface area contributed by atoms with E-state index < -0.39 is 5.63 Å². The summed E-state index contributed by atoms with van der Waals surface area (Å²) in [7, 11) is 0. The number of aliphatic hydroxyl groups excluding tert-OH is 1. The Kier molecular flexibility index (Phi) is 5.16. The number of hydrogen-bond donors (Lipinski definition) is 3. The van der Waals surface area contributed by atoms with Gasteiger partial charge in [0.15, 0.2) is 0 Å². The van der Waals surface area contributed by atoms with E-state index in [9.17, 15) is 15.0 Å². The molecule has 0 aliphatic heterocycles. The summed E-state index contributed by atoms with van der Waals surface area (Å²) in [6, 6.07) is 14.7. The number of aryl methyl sites for hydroxylation is 1. The van der Waals surface area contributed by atoms with E-state index in [2.05, 4.69) is 5.32 Å². The smallest absolute Gasteiger partial charge is 0.336 e. The molecule has 3 N–H and O–H groups in total. The minimum absolute atomic E-state index is 0.0216. The molecule has 1 aromatic heterocycles. The second-order valence-electron chi connectivity index (χ2n) is 6.03. The molecule has 3 aromatic rings. The van der Waals surface area contributed by atoms with Crippen LogP contribution in [0.3, 0.4) is 0 Å². The minimum Gasteiger partial charge on any atom is -0.508 e. The zero-order chi connectivity index (χ0) is 17.8. The SMILES string of the molecule is Cc1c(O)ccc2c(CNC(CCO)c3ccccc3)cc(=O)oc12. The molecule has 25 heavy (non-hydrogen) atoms. The van der Waals surface area contributed by atoms with Crippen molar-refractivity contribution in [2.45, 2.75) is 25.9 Å². The summed E-state index contributed by atoms with van der Waals surface area (Å²) in [4.78, 5) is 11.9.